The van der Waals surface area contributed by atoms with E-state index in [-0.39, 0.29) is 11.8 Å². The summed E-state index contributed by atoms with van der Waals surface area (Å²) in [5.74, 6) is 1.02. The fourth-order valence-corrected chi connectivity index (χ4v) is 1.98. The monoisotopic (exact) mass is 266 g/mol. The second-order valence-corrected chi connectivity index (χ2v) is 4.18. The summed E-state index contributed by atoms with van der Waals surface area (Å²) < 4.78 is 10.6. The zero-order valence-corrected chi connectivity index (χ0v) is 11.7. The zero-order valence-electron chi connectivity index (χ0n) is 11.7. The van der Waals surface area contributed by atoms with Crippen molar-refractivity contribution in [2.24, 2.45) is 11.7 Å². The molecule has 0 aliphatic rings. The minimum absolute atomic E-state index is 0.0325. The van der Waals surface area contributed by atoms with Gasteiger partial charge >= 0.3 is 0 Å². The minimum Gasteiger partial charge on any atom is -0.493 e. The van der Waals surface area contributed by atoms with Crippen LogP contribution in [0.2, 0.25) is 0 Å². The Morgan fingerprint density at radius 1 is 1.37 bits per heavy atom. The van der Waals surface area contributed by atoms with Crippen LogP contribution in [0.5, 0.6) is 11.5 Å². The molecule has 1 atom stereocenters. The first-order valence-corrected chi connectivity index (χ1v) is 6.35. The molecule has 1 unspecified atom stereocenters. The van der Waals surface area contributed by atoms with Gasteiger partial charge in [0.2, 0.25) is 5.91 Å². The van der Waals surface area contributed by atoms with Crippen molar-refractivity contribution < 1.29 is 14.3 Å². The van der Waals surface area contributed by atoms with Gasteiger partial charge in [0, 0.05) is 13.1 Å². The van der Waals surface area contributed by atoms with Gasteiger partial charge in [-0.2, -0.15) is 0 Å². The van der Waals surface area contributed by atoms with Crippen LogP contribution < -0.4 is 20.5 Å². The Hall–Kier alpha value is -1.75. The van der Waals surface area contributed by atoms with Crippen molar-refractivity contribution >= 4 is 5.91 Å². The van der Waals surface area contributed by atoms with Crippen molar-refractivity contribution in [3.05, 3.63) is 23.8 Å². The lowest BCUT2D eigenvalue weighted by Gasteiger charge is -2.17. The number of amides is 1. The minimum atomic E-state index is -0.263. The first kappa shape index (κ1) is 15.3. The maximum absolute atomic E-state index is 11.9. The largest absolute Gasteiger partial charge is 0.493 e. The Balaban J connectivity index is 2.93. The normalized spacial score (nSPS) is 11.8. The molecule has 1 aromatic carbocycles. The third-order valence-electron chi connectivity index (χ3n) is 2.96. The summed E-state index contributed by atoms with van der Waals surface area (Å²) in [6, 6.07) is 5.62. The predicted octanol–water partition coefficient (Wildman–Crippen LogP) is 0.957. The van der Waals surface area contributed by atoms with Crippen molar-refractivity contribution in [3.63, 3.8) is 0 Å². The Morgan fingerprint density at radius 3 is 2.63 bits per heavy atom. The maximum atomic E-state index is 11.9. The smallest absolute Gasteiger partial charge is 0.224 e. The van der Waals surface area contributed by atoms with Crippen molar-refractivity contribution in [1.82, 2.24) is 5.32 Å². The van der Waals surface area contributed by atoms with Gasteiger partial charge in [0.25, 0.3) is 0 Å². The first-order chi connectivity index (χ1) is 9.17. The fraction of sp³-hybridized carbons (Fsp3) is 0.500. The molecular formula is C14H22N2O3. The molecule has 0 aliphatic heterocycles. The van der Waals surface area contributed by atoms with E-state index in [1.165, 1.54) is 0 Å². The number of hydrogen-bond acceptors (Lipinski definition) is 4. The molecule has 5 nitrogen and oxygen atoms in total. The standard InChI is InChI=1S/C14H22N2O3/c1-4-16-14(17)11(9-15)8-10-6-5-7-12(18-2)13(10)19-3/h5-7,11H,4,8-9,15H2,1-3H3,(H,16,17). The number of rotatable bonds is 7. The second-order valence-electron chi connectivity index (χ2n) is 4.18. The fourth-order valence-electron chi connectivity index (χ4n) is 1.98. The molecule has 0 saturated carbocycles. The number of benzene rings is 1. The van der Waals surface area contributed by atoms with Crippen LogP contribution in [0.1, 0.15) is 12.5 Å². The summed E-state index contributed by atoms with van der Waals surface area (Å²) in [6.07, 6.45) is 0.530. The van der Waals surface area contributed by atoms with E-state index < -0.39 is 0 Å². The Morgan fingerprint density at radius 2 is 2.11 bits per heavy atom. The highest BCUT2D eigenvalue weighted by atomic mass is 16.5. The third kappa shape index (κ3) is 3.86. The molecule has 0 heterocycles. The molecule has 0 aromatic heterocycles. The van der Waals surface area contributed by atoms with E-state index in [2.05, 4.69) is 5.32 Å². The number of carbonyl (C=O) groups excluding carboxylic acids is 1. The number of nitrogens with one attached hydrogen (secondary N) is 1. The first-order valence-electron chi connectivity index (χ1n) is 6.35. The highest BCUT2D eigenvalue weighted by Gasteiger charge is 2.20. The predicted molar refractivity (Wildman–Crippen MR) is 74.5 cm³/mol. The van der Waals surface area contributed by atoms with Crippen molar-refractivity contribution in [2.45, 2.75) is 13.3 Å². The lowest BCUT2D eigenvalue weighted by molar-refractivity contribution is -0.124. The average Bonchev–Trinajstić information content (AvgIpc) is 2.44. The lowest BCUT2D eigenvalue weighted by atomic mass is 9.97. The summed E-state index contributed by atoms with van der Waals surface area (Å²) in [7, 11) is 3.18. The van der Waals surface area contributed by atoms with Gasteiger partial charge in [0.05, 0.1) is 20.1 Å². The highest BCUT2D eigenvalue weighted by molar-refractivity contribution is 5.79. The molecule has 19 heavy (non-hydrogen) atoms. The van der Waals surface area contributed by atoms with Crippen LogP contribution >= 0.6 is 0 Å². The van der Waals surface area contributed by atoms with Gasteiger partial charge in [-0.05, 0) is 25.0 Å². The summed E-state index contributed by atoms with van der Waals surface area (Å²) in [4.78, 5) is 11.9. The summed E-state index contributed by atoms with van der Waals surface area (Å²) in [6.45, 7) is 2.79. The van der Waals surface area contributed by atoms with Crippen molar-refractivity contribution in [1.29, 1.82) is 0 Å². The second kappa shape index (κ2) is 7.63. The van der Waals surface area contributed by atoms with Crippen LogP contribution in [0.3, 0.4) is 0 Å². The quantitative estimate of drug-likeness (QED) is 0.771. The highest BCUT2D eigenvalue weighted by Crippen LogP contribution is 2.32. The summed E-state index contributed by atoms with van der Waals surface area (Å²) in [5.41, 5.74) is 6.60. The topological polar surface area (TPSA) is 73.6 Å². The molecule has 0 spiro atoms. The van der Waals surface area contributed by atoms with Crippen molar-refractivity contribution in [2.75, 3.05) is 27.3 Å². The summed E-state index contributed by atoms with van der Waals surface area (Å²) >= 11 is 0. The number of para-hydroxylation sites is 1. The lowest BCUT2D eigenvalue weighted by Crippen LogP contribution is -2.36. The third-order valence-corrected chi connectivity index (χ3v) is 2.96. The molecule has 3 N–H and O–H groups in total. The SMILES string of the molecule is CCNC(=O)C(CN)Cc1cccc(OC)c1OC. The van der Waals surface area contributed by atoms with E-state index in [4.69, 9.17) is 15.2 Å². The molecule has 1 amide bonds. The van der Waals surface area contributed by atoms with Crippen LogP contribution in [-0.4, -0.2) is 33.2 Å². The van der Waals surface area contributed by atoms with Crippen LogP contribution in [0, 0.1) is 5.92 Å². The number of nitrogens with two attached hydrogens (primary N) is 1. The number of ether oxygens (including phenoxy) is 2. The van der Waals surface area contributed by atoms with Gasteiger partial charge < -0.3 is 20.5 Å². The van der Waals surface area contributed by atoms with Crippen LogP contribution in [0.25, 0.3) is 0 Å². The Labute approximate surface area is 114 Å². The van der Waals surface area contributed by atoms with E-state index in [0.717, 1.165) is 5.56 Å². The Kier molecular flexibility index (Phi) is 6.15. The molecule has 5 heteroatoms. The van der Waals surface area contributed by atoms with Crippen molar-refractivity contribution in [3.8, 4) is 11.5 Å². The van der Waals surface area contributed by atoms with E-state index in [0.29, 0.717) is 31.0 Å². The van der Waals surface area contributed by atoms with Gasteiger partial charge in [-0.1, -0.05) is 12.1 Å². The van der Waals surface area contributed by atoms with E-state index in [1.54, 1.807) is 14.2 Å². The van der Waals surface area contributed by atoms with Gasteiger partial charge in [-0.25, -0.2) is 0 Å². The molecule has 1 rings (SSSR count). The number of hydrogen-bond donors (Lipinski definition) is 2. The van der Waals surface area contributed by atoms with E-state index >= 15 is 0 Å². The van der Waals surface area contributed by atoms with Crippen LogP contribution in [0.15, 0.2) is 18.2 Å². The molecule has 0 saturated heterocycles. The molecule has 0 bridgehead atoms. The van der Waals surface area contributed by atoms with Crippen LogP contribution in [-0.2, 0) is 11.2 Å². The van der Waals surface area contributed by atoms with Gasteiger partial charge in [-0.3, -0.25) is 4.79 Å². The number of carbonyl (C=O) groups is 1. The van der Waals surface area contributed by atoms with Gasteiger partial charge in [-0.15, -0.1) is 0 Å². The Bertz CT molecular complexity index is 421. The molecule has 1 aromatic rings. The van der Waals surface area contributed by atoms with Gasteiger partial charge in [0.15, 0.2) is 11.5 Å². The van der Waals surface area contributed by atoms with Crippen LogP contribution in [0.4, 0.5) is 0 Å². The van der Waals surface area contributed by atoms with Gasteiger partial charge in [0.1, 0.15) is 0 Å². The summed E-state index contributed by atoms with van der Waals surface area (Å²) in [5, 5.41) is 2.79. The van der Waals surface area contributed by atoms with E-state index in [9.17, 15) is 4.79 Å². The number of methoxy groups -OCH3 is 2. The van der Waals surface area contributed by atoms with E-state index in [1.807, 2.05) is 25.1 Å². The molecular weight excluding hydrogens is 244 g/mol. The molecule has 0 fully saturated rings. The maximum Gasteiger partial charge on any atom is 0.224 e. The zero-order chi connectivity index (χ0) is 14.3. The molecule has 106 valence electrons. The molecule has 0 radical (unpaired) electrons. The molecule has 0 aliphatic carbocycles. The average molecular weight is 266 g/mol.